The fraction of sp³-hybridized carbons (Fsp3) is 0.409. The summed E-state index contributed by atoms with van der Waals surface area (Å²) >= 11 is 0. The van der Waals surface area contributed by atoms with Gasteiger partial charge in [0.05, 0.1) is 13.0 Å². The van der Waals surface area contributed by atoms with Crippen LogP contribution in [-0.2, 0) is 22.4 Å². The van der Waals surface area contributed by atoms with E-state index in [1.54, 1.807) is 19.5 Å². The Bertz CT molecular complexity index is 777. The third kappa shape index (κ3) is 5.55. The fourth-order valence-electron chi connectivity index (χ4n) is 3.43. The lowest BCUT2D eigenvalue weighted by molar-refractivity contribution is -0.138. The smallest absolute Gasteiger partial charge is 0.224 e. The Morgan fingerprint density at radius 1 is 1.14 bits per heavy atom. The Morgan fingerprint density at radius 3 is 2.57 bits per heavy atom. The molecule has 1 aromatic carbocycles. The van der Waals surface area contributed by atoms with Gasteiger partial charge in [-0.3, -0.25) is 14.6 Å². The first-order valence-corrected chi connectivity index (χ1v) is 9.73. The predicted molar refractivity (Wildman–Crippen MR) is 107 cm³/mol. The van der Waals surface area contributed by atoms with Crippen molar-refractivity contribution in [2.24, 2.45) is 5.92 Å². The molecule has 1 N–H and O–H groups in total. The molecule has 0 radical (unpaired) electrons. The van der Waals surface area contributed by atoms with Gasteiger partial charge in [-0.25, -0.2) is 0 Å². The van der Waals surface area contributed by atoms with E-state index >= 15 is 0 Å². The highest BCUT2D eigenvalue weighted by molar-refractivity contribution is 5.83. The van der Waals surface area contributed by atoms with E-state index in [1.807, 2.05) is 41.3 Å². The molecule has 0 unspecified atom stereocenters. The topological polar surface area (TPSA) is 71.5 Å². The molecule has 0 aliphatic carbocycles. The zero-order chi connectivity index (χ0) is 19.8. The standard InChI is InChI=1S/C22H27N3O3/c1-28-20-5-2-17(3-6-20)11-15-25-16-19(4-7-21(25)26)22(27)24-14-10-18-8-12-23-13-9-18/h2-3,5-6,8-9,12-13,19H,4,7,10-11,14-16H2,1H3,(H,24,27)/t19-/m0/s1. The molecule has 1 atom stereocenters. The molecule has 1 aromatic heterocycles. The van der Waals surface area contributed by atoms with Gasteiger partial charge in [0, 0.05) is 38.4 Å². The Hall–Kier alpha value is -2.89. The minimum Gasteiger partial charge on any atom is -0.497 e. The molecule has 0 saturated carbocycles. The van der Waals surface area contributed by atoms with Crippen LogP contribution in [0.5, 0.6) is 5.75 Å². The molecule has 6 heteroatoms. The number of hydrogen-bond donors (Lipinski definition) is 1. The lowest BCUT2D eigenvalue weighted by Crippen LogP contribution is -2.46. The van der Waals surface area contributed by atoms with Crippen molar-refractivity contribution in [2.75, 3.05) is 26.7 Å². The van der Waals surface area contributed by atoms with Crippen molar-refractivity contribution in [3.8, 4) is 5.75 Å². The van der Waals surface area contributed by atoms with Crippen molar-refractivity contribution in [1.82, 2.24) is 15.2 Å². The average molecular weight is 381 g/mol. The lowest BCUT2D eigenvalue weighted by atomic mass is 9.96. The predicted octanol–water partition coefficient (Wildman–Crippen LogP) is 2.23. The van der Waals surface area contributed by atoms with Gasteiger partial charge in [-0.15, -0.1) is 0 Å². The van der Waals surface area contributed by atoms with Gasteiger partial charge in [-0.05, 0) is 54.7 Å². The molecule has 1 aliphatic heterocycles. The first kappa shape index (κ1) is 19.9. The lowest BCUT2D eigenvalue weighted by Gasteiger charge is -2.32. The summed E-state index contributed by atoms with van der Waals surface area (Å²) in [5.41, 5.74) is 2.30. The highest BCUT2D eigenvalue weighted by atomic mass is 16.5. The van der Waals surface area contributed by atoms with Gasteiger partial charge in [0.2, 0.25) is 11.8 Å². The highest BCUT2D eigenvalue weighted by Crippen LogP contribution is 2.19. The number of piperidine rings is 1. The van der Waals surface area contributed by atoms with Crippen molar-refractivity contribution >= 4 is 11.8 Å². The monoisotopic (exact) mass is 381 g/mol. The molecule has 2 aromatic rings. The number of hydrogen-bond acceptors (Lipinski definition) is 4. The van der Waals surface area contributed by atoms with Gasteiger partial charge in [-0.1, -0.05) is 12.1 Å². The summed E-state index contributed by atoms with van der Waals surface area (Å²) in [5, 5.41) is 3.01. The fourth-order valence-corrected chi connectivity index (χ4v) is 3.43. The maximum absolute atomic E-state index is 12.5. The number of nitrogens with one attached hydrogen (secondary N) is 1. The van der Waals surface area contributed by atoms with Gasteiger partial charge in [0.25, 0.3) is 0 Å². The largest absolute Gasteiger partial charge is 0.497 e. The number of rotatable bonds is 8. The third-order valence-corrected chi connectivity index (χ3v) is 5.16. The third-order valence-electron chi connectivity index (χ3n) is 5.16. The second kappa shape index (κ2) is 9.88. The van der Waals surface area contributed by atoms with Gasteiger partial charge in [0.1, 0.15) is 5.75 Å². The number of benzene rings is 1. The Kier molecular flexibility index (Phi) is 7.00. The van der Waals surface area contributed by atoms with Crippen LogP contribution in [0.25, 0.3) is 0 Å². The molecular weight excluding hydrogens is 354 g/mol. The first-order valence-electron chi connectivity index (χ1n) is 9.73. The highest BCUT2D eigenvalue weighted by Gasteiger charge is 2.29. The molecular formula is C22H27N3O3. The Balaban J connectivity index is 1.46. The zero-order valence-corrected chi connectivity index (χ0v) is 16.3. The van der Waals surface area contributed by atoms with Crippen LogP contribution in [-0.4, -0.2) is 48.4 Å². The van der Waals surface area contributed by atoms with Crippen LogP contribution in [0.1, 0.15) is 24.0 Å². The van der Waals surface area contributed by atoms with E-state index in [0.717, 1.165) is 29.7 Å². The number of nitrogens with zero attached hydrogens (tertiary/aromatic N) is 2. The molecule has 2 amide bonds. The summed E-state index contributed by atoms with van der Waals surface area (Å²) in [6, 6.07) is 11.8. The minimum atomic E-state index is -0.133. The normalized spacial score (nSPS) is 16.7. The molecule has 148 valence electrons. The summed E-state index contributed by atoms with van der Waals surface area (Å²) in [6.07, 6.45) is 6.12. The molecule has 6 nitrogen and oxygen atoms in total. The quantitative estimate of drug-likeness (QED) is 0.761. The summed E-state index contributed by atoms with van der Waals surface area (Å²) in [4.78, 5) is 30.6. The van der Waals surface area contributed by atoms with E-state index in [4.69, 9.17) is 4.74 Å². The molecule has 1 saturated heterocycles. The van der Waals surface area contributed by atoms with Crippen LogP contribution in [0.15, 0.2) is 48.8 Å². The molecule has 0 bridgehead atoms. The molecule has 28 heavy (non-hydrogen) atoms. The zero-order valence-electron chi connectivity index (χ0n) is 16.3. The Morgan fingerprint density at radius 2 is 1.86 bits per heavy atom. The number of methoxy groups -OCH3 is 1. The van der Waals surface area contributed by atoms with Crippen LogP contribution >= 0.6 is 0 Å². The summed E-state index contributed by atoms with van der Waals surface area (Å²) < 4.78 is 5.17. The maximum Gasteiger partial charge on any atom is 0.224 e. The van der Waals surface area contributed by atoms with Gasteiger partial charge < -0.3 is 15.0 Å². The summed E-state index contributed by atoms with van der Waals surface area (Å²) in [5.74, 6) is 0.859. The number of ether oxygens (including phenoxy) is 1. The SMILES string of the molecule is COc1ccc(CCN2C[C@@H](C(=O)NCCc3ccncc3)CCC2=O)cc1. The second-order valence-electron chi connectivity index (χ2n) is 7.07. The van der Waals surface area contributed by atoms with Crippen molar-refractivity contribution in [1.29, 1.82) is 0 Å². The first-order chi connectivity index (χ1) is 13.7. The summed E-state index contributed by atoms with van der Waals surface area (Å²) in [7, 11) is 1.64. The maximum atomic E-state index is 12.5. The van der Waals surface area contributed by atoms with Gasteiger partial charge in [-0.2, -0.15) is 0 Å². The van der Waals surface area contributed by atoms with Gasteiger partial charge >= 0.3 is 0 Å². The molecule has 0 spiro atoms. The van der Waals surface area contributed by atoms with Gasteiger partial charge in [0.15, 0.2) is 0 Å². The molecule has 1 fully saturated rings. The van der Waals surface area contributed by atoms with Crippen molar-refractivity contribution < 1.29 is 14.3 Å². The molecule has 3 rings (SSSR count). The van der Waals surface area contributed by atoms with Crippen LogP contribution in [0.2, 0.25) is 0 Å². The van der Waals surface area contributed by atoms with E-state index in [9.17, 15) is 9.59 Å². The van der Waals surface area contributed by atoms with Crippen LogP contribution in [0, 0.1) is 5.92 Å². The number of carbonyl (C=O) groups is 2. The second-order valence-corrected chi connectivity index (χ2v) is 7.07. The number of carbonyl (C=O) groups excluding carboxylic acids is 2. The minimum absolute atomic E-state index is 0.0380. The molecule has 1 aliphatic rings. The van der Waals surface area contributed by atoms with Crippen molar-refractivity contribution in [3.63, 3.8) is 0 Å². The Labute approximate surface area is 165 Å². The van der Waals surface area contributed by atoms with E-state index in [2.05, 4.69) is 10.3 Å². The van der Waals surface area contributed by atoms with E-state index in [1.165, 1.54) is 0 Å². The number of amides is 2. The van der Waals surface area contributed by atoms with Crippen LogP contribution in [0.3, 0.4) is 0 Å². The van der Waals surface area contributed by atoms with E-state index in [-0.39, 0.29) is 17.7 Å². The number of likely N-dealkylation sites (tertiary alicyclic amines) is 1. The number of pyridine rings is 1. The average Bonchev–Trinajstić information content (AvgIpc) is 2.74. The van der Waals surface area contributed by atoms with Crippen molar-refractivity contribution in [2.45, 2.75) is 25.7 Å². The summed E-state index contributed by atoms with van der Waals surface area (Å²) in [6.45, 7) is 1.72. The number of aromatic nitrogens is 1. The van der Waals surface area contributed by atoms with Crippen LogP contribution in [0.4, 0.5) is 0 Å². The van der Waals surface area contributed by atoms with Crippen molar-refractivity contribution in [3.05, 3.63) is 59.9 Å². The van der Waals surface area contributed by atoms with Crippen LogP contribution < -0.4 is 10.1 Å². The van der Waals surface area contributed by atoms with E-state index < -0.39 is 0 Å². The van der Waals surface area contributed by atoms with E-state index in [0.29, 0.717) is 32.5 Å². The molecule has 2 heterocycles.